The van der Waals surface area contributed by atoms with E-state index in [1.807, 2.05) is 0 Å². The molecular weight excluding hydrogens is 214 g/mol. The van der Waals surface area contributed by atoms with Crippen molar-refractivity contribution in [3.05, 3.63) is 11.2 Å². The molecule has 2 rings (SSSR count). The first-order chi connectivity index (χ1) is 7.16. The zero-order valence-electron chi connectivity index (χ0n) is 8.43. The van der Waals surface area contributed by atoms with Gasteiger partial charge in [-0.15, -0.1) is 11.3 Å². The predicted molar refractivity (Wildman–Crippen MR) is 58.6 cm³/mol. The molecule has 1 saturated heterocycles. The van der Waals surface area contributed by atoms with Gasteiger partial charge in [0.1, 0.15) is 5.00 Å². The van der Waals surface area contributed by atoms with Crippen molar-refractivity contribution in [1.82, 2.24) is 9.88 Å². The number of aromatic nitrogens is 1. The quantitative estimate of drug-likeness (QED) is 0.805. The highest BCUT2D eigenvalue weighted by Gasteiger charge is 2.22. The molecular formula is C9H13N3O2S. The van der Waals surface area contributed by atoms with Crippen LogP contribution in [0.15, 0.2) is 5.51 Å². The highest BCUT2D eigenvalue weighted by Crippen LogP contribution is 2.23. The molecule has 0 radical (unpaired) electrons. The summed E-state index contributed by atoms with van der Waals surface area (Å²) >= 11 is 1.34. The number of anilines is 1. The van der Waals surface area contributed by atoms with E-state index in [2.05, 4.69) is 22.2 Å². The summed E-state index contributed by atoms with van der Waals surface area (Å²) in [6.45, 7) is 2.01. The van der Waals surface area contributed by atoms with Crippen LogP contribution in [0.3, 0.4) is 0 Å². The van der Waals surface area contributed by atoms with E-state index < -0.39 is 5.97 Å². The van der Waals surface area contributed by atoms with Gasteiger partial charge in [0.05, 0.1) is 5.51 Å². The Morgan fingerprint density at radius 2 is 2.60 bits per heavy atom. The smallest absolute Gasteiger partial charge is 0.357 e. The number of nitrogens with one attached hydrogen (secondary N) is 1. The van der Waals surface area contributed by atoms with Gasteiger partial charge in [0.15, 0.2) is 5.69 Å². The van der Waals surface area contributed by atoms with Crippen LogP contribution in [0.2, 0.25) is 0 Å². The summed E-state index contributed by atoms with van der Waals surface area (Å²) in [6, 6.07) is 0.341. The summed E-state index contributed by atoms with van der Waals surface area (Å²) in [7, 11) is 2.06. The van der Waals surface area contributed by atoms with E-state index in [9.17, 15) is 4.79 Å². The van der Waals surface area contributed by atoms with E-state index in [1.54, 1.807) is 5.51 Å². The van der Waals surface area contributed by atoms with Crippen LogP contribution in [-0.4, -0.2) is 47.1 Å². The number of carboxylic acids is 1. The van der Waals surface area contributed by atoms with Crippen LogP contribution in [0.4, 0.5) is 5.00 Å². The number of rotatable bonds is 3. The van der Waals surface area contributed by atoms with E-state index in [0.717, 1.165) is 19.5 Å². The molecule has 0 amide bonds. The van der Waals surface area contributed by atoms with Gasteiger partial charge in [0.2, 0.25) is 0 Å². The second-order valence-electron chi connectivity index (χ2n) is 3.73. The van der Waals surface area contributed by atoms with E-state index in [1.165, 1.54) is 11.3 Å². The fraction of sp³-hybridized carbons (Fsp3) is 0.556. The van der Waals surface area contributed by atoms with Crippen LogP contribution in [0.25, 0.3) is 0 Å². The summed E-state index contributed by atoms with van der Waals surface area (Å²) in [4.78, 5) is 16.9. The van der Waals surface area contributed by atoms with Gasteiger partial charge in [0.25, 0.3) is 0 Å². The van der Waals surface area contributed by atoms with Crippen LogP contribution >= 0.6 is 11.3 Å². The topological polar surface area (TPSA) is 65.5 Å². The lowest BCUT2D eigenvalue weighted by Crippen LogP contribution is -2.23. The Labute approximate surface area is 91.7 Å². The lowest BCUT2D eigenvalue weighted by atomic mass is 10.2. The van der Waals surface area contributed by atoms with Crippen molar-refractivity contribution in [2.45, 2.75) is 12.5 Å². The highest BCUT2D eigenvalue weighted by molar-refractivity contribution is 7.14. The van der Waals surface area contributed by atoms with Gasteiger partial charge in [-0.05, 0) is 20.0 Å². The minimum absolute atomic E-state index is 0.134. The maximum absolute atomic E-state index is 10.8. The second-order valence-corrected chi connectivity index (χ2v) is 4.58. The molecule has 1 aliphatic rings. The van der Waals surface area contributed by atoms with Crippen LogP contribution in [0, 0.1) is 0 Å². The molecule has 0 spiro atoms. The van der Waals surface area contributed by atoms with Crippen LogP contribution in [-0.2, 0) is 0 Å². The maximum atomic E-state index is 10.8. The van der Waals surface area contributed by atoms with E-state index in [0.29, 0.717) is 11.0 Å². The fourth-order valence-electron chi connectivity index (χ4n) is 1.74. The lowest BCUT2D eigenvalue weighted by Gasteiger charge is -2.12. The first-order valence-corrected chi connectivity index (χ1v) is 5.66. The van der Waals surface area contributed by atoms with E-state index >= 15 is 0 Å². The van der Waals surface area contributed by atoms with Crippen molar-refractivity contribution in [2.75, 3.05) is 25.5 Å². The highest BCUT2D eigenvalue weighted by atomic mass is 32.1. The van der Waals surface area contributed by atoms with Crippen molar-refractivity contribution >= 4 is 22.3 Å². The number of hydrogen-bond acceptors (Lipinski definition) is 5. The molecule has 2 N–H and O–H groups in total. The molecule has 1 aliphatic heterocycles. The number of hydrogen-bond donors (Lipinski definition) is 2. The maximum Gasteiger partial charge on any atom is 0.357 e. The fourth-order valence-corrected chi connectivity index (χ4v) is 2.49. The van der Waals surface area contributed by atoms with Crippen molar-refractivity contribution in [1.29, 1.82) is 0 Å². The Bertz CT molecular complexity index is 366. The average Bonchev–Trinajstić information content (AvgIpc) is 2.75. The third-order valence-corrected chi connectivity index (χ3v) is 3.25. The van der Waals surface area contributed by atoms with Gasteiger partial charge in [-0.25, -0.2) is 9.78 Å². The largest absolute Gasteiger partial charge is 0.476 e. The number of aromatic carboxylic acids is 1. The molecule has 1 unspecified atom stereocenters. The minimum atomic E-state index is -0.967. The van der Waals surface area contributed by atoms with Gasteiger partial charge in [-0.3, -0.25) is 0 Å². The molecule has 6 heteroatoms. The van der Waals surface area contributed by atoms with Crippen molar-refractivity contribution in [2.24, 2.45) is 0 Å². The van der Waals surface area contributed by atoms with Crippen LogP contribution in [0.5, 0.6) is 0 Å². The van der Waals surface area contributed by atoms with Gasteiger partial charge in [0, 0.05) is 12.6 Å². The van der Waals surface area contributed by atoms with Crippen LogP contribution in [0.1, 0.15) is 16.9 Å². The number of carbonyl (C=O) groups is 1. The molecule has 1 aromatic rings. The normalized spacial score (nSPS) is 21.8. The molecule has 82 valence electrons. The van der Waals surface area contributed by atoms with E-state index in [-0.39, 0.29) is 5.69 Å². The van der Waals surface area contributed by atoms with E-state index in [4.69, 9.17) is 5.11 Å². The first-order valence-electron chi connectivity index (χ1n) is 4.78. The molecule has 5 nitrogen and oxygen atoms in total. The summed E-state index contributed by atoms with van der Waals surface area (Å²) in [5.41, 5.74) is 1.69. The Morgan fingerprint density at radius 3 is 3.20 bits per heavy atom. The van der Waals surface area contributed by atoms with Crippen molar-refractivity contribution in [3.63, 3.8) is 0 Å². The van der Waals surface area contributed by atoms with Gasteiger partial charge < -0.3 is 15.3 Å². The summed E-state index contributed by atoms with van der Waals surface area (Å²) in [5, 5.41) is 12.8. The second kappa shape index (κ2) is 4.16. The zero-order valence-corrected chi connectivity index (χ0v) is 9.25. The third kappa shape index (κ3) is 2.27. The van der Waals surface area contributed by atoms with Crippen molar-refractivity contribution < 1.29 is 9.90 Å². The standard InChI is InChI=1S/C9H13N3O2S/c1-12-3-2-6(4-12)11-8-7(9(13)14)10-5-15-8/h5-6,11H,2-4H2,1H3,(H,13,14). The zero-order chi connectivity index (χ0) is 10.8. The Kier molecular flexibility index (Phi) is 2.88. The Morgan fingerprint density at radius 1 is 1.80 bits per heavy atom. The van der Waals surface area contributed by atoms with Gasteiger partial charge in [-0.1, -0.05) is 0 Å². The van der Waals surface area contributed by atoms with Gasteiger partial charge in [-0.2, -0.15) is 0 Å². The molecule has 0 aliphatic carbocycles. The third-order valence-electron chi connectivity index (χ3n) is 2.50. The SMILES string of the molecule is CN1CCC(Nc2scnc2C(=O)O)C1. The van der Waals surface area contributed by atoms with Crippen molar-refractivity contribution in [3.8, 4) is 0 Å². The first kappa shape index (κ1) is 10.4. The molecule has 0 bridgehead atoms. The molecule has 0 aromatic carbocycles. The van der Waals surface area contributed by atoms with Gasteiger partial charge >= 0.3 is 5.97 Å². The molecule has 1 atom stereocenters. The minimum Gasteiger partial charge on any atom is -0.476 e. The summed E-state index contributed by atoms with van der Waals surface area (Å²) in [5.74, 6) is -0.967. The number of likely N-dealkylation sites (tertiary alicyclic amines) is 1. The molecule has 2 heterocycles. The number of likely N-dealkylation sites (N-methyl/N-ethyl adjacent to an activating group) is 1. The summed E-state index contributed by atoms with van der Waals surface area (Å²) < 4.78 is 0. The average molecular weight is 227 g/mol. The monoisotopic (exact) mass is 227 g/mol. The molecule has 15 heavy (non-hydrogen) atoms. The molecule has 0 saturated carbocycles. The lowest BCUT2D eigenvalue weighted by molar-refractivity contribution is 0.0692. The predicted octanol–water partition coefficient (Wildman–Crippen LogP) is 0.957. The van der Waals surface area contributed by atoms with Crippen LogP contribution < -0.4 is 5.32 Å². The summed E-state index contributed by atoms with van der Waals surface area (Å²) in [6.07, 6.45) is 1.05. The number of nitrogens with zero attached hydrogens (tertiary/aromatic N) is 2. The number of thiazole rings is 1. The molecule has 1 aromatic heterocycles. The molecule has 1 fully saturated rings. The Hall–Kier alpha value is -1.14. The number of carboxylic acid groups (broad SMARTS) is 1. The Balaban J connectivity index is 2.04.